The van der Waals surface area contributed by atoms with Crippen LogP contribution in [0.25, 0.3) is 0 Å². The maximum atomic E-state index is 11.6. The van der Waals surface area contributed by atoms with Crippen molar-refractivity contribution in [2.45, 2.75) is 70.1 Å². The van der Waals surface area contributed by atoms with Crippen LogP contribution in [0.5, 0.6) is 0 Å². The number of hydrogen-bond acceptors (Lipinski definition) is 6. The maximum absolute atomic E-state index is 11.6. The van der Waals surface area contributed by atoms with Crippen LogP contribution in [0.1, 0.15) is 58.3 Å². The second-order valence-electron chi connectivity index (χ2n) is 6.29. The Morgan fingerprint density at radius 3 is 2.52 bits per heavy atom. The molecule has 9 heteroatoms. The van der Waals surface area contributed by atoms with Gasteiger partial charge >= 0.3 is 20.1 Å². The number of amides is 1. The summed E-state index contributed by atoms with van der Waals surface area (Å²) in [6.45, 7) is 1.48. The molecule has 0 heterocycles. The number of carbonyl (C=O) groups is 2. The highest BCUT2D eigenvalue weighted by Crippen LogP contribution is 2.40. The van der Waals surface area contributed by atoms with E-state index in [1.54, 1.807) is 0 Å². The van der Waals surface area contributed by atoms with Crippen molar-refractivity contribution in [2.75, 3.05) is 13.3 Å². The molecule has 1 fully saturated rings. The smallest absolute Gasteiger partial charge is 0.428 e. The van der Waals surface area contributed by atoms with Crippen LogP contribution in [0.4, 0.5) is 4.79 Å². The molecule has 0 aromatic heterocycles. The van der Waals surface area contributed by atoms with Gasteiger partial charge in [-0.15, -0.1) is 0 Å². The molecule has 0 bridgehead atoms. The van der Waals surface area contributed by atoms with Crippen molar-refractivity contribution in [2.24, 2.45) is 5.92 Å². The molecule has 1 unspecified atom stereocenters. The summed E-state index contributed by atoms with van der Waals surface area (Å²) in [7, 11) is -2.48. The van der Waals surface area contributed by atoms with Gasteiger partial charge in [0.15, 0.2) is 0 Å². The SMILES string of the molecule is CCCC(=O)OCOC(=O)NCC[C@H](O)[C@H](C1CCCCC1)[P+](=O)O. The fourth-order valence-electron chi connectivity index (χ4n) is 3.09. The molecule has 144 valence electrons. The third-order valence-corrected chi connectivity index (χ3v) is 5.63. The Hall–Kier alpha value is -1.24. The highest BCUT2D eigenvalue weighted by Gasteiger charge is 2.43. The summed E-state index contributed by atoms with van der Waals surface area (Å²) >= 11 is 0. The van der Waals surface area contributed by atoms with Crippen LogP contribution in [0.3, 0.4) is 0 Å². The van der Waals surface area contributed by atoms with Crippen molar-refractivity contribution in [1.82, 2.24) is 5.32 Å². The van der Waals surface area contributed by atoms with Crippen molar-refractivity contribution < 1.29 is 33.6 Å². The summed E-state index contributed by atoms with van der Waals surface area (Å²) in [6.07, 6.45) is 4.20. The normalized spacial score (nSPS) is 18.1. The Bertz CT molecular complexity index is 440. The highest BCUT2D eigenvalue weighted by atomic mass is 31.1. The van der Waals surface area contributed by atoms with Crippen LogP contribution in [0.2, 0.25) is 0 Å². The Balaban J connectivity index is 2.26. The number of carbonyl (C=O) groups excluding carboxylic acids is 2. The summed E-state index contributed by atoms with van der Waals surface area (Å²) < 4.78 is 21.0. The van der Waals surface area contributed by atoms with Gasteiger partial charge in [-0.25, -0.2) is 4.79 Å². The number of esters is 1. The van der Waals surface area contributed by atoms with Crippen molar-refractivity contribution in [3.8, 4) is 0 Å². The Morgan fingerprint density at radius 1 is 1.24 bits per heavy atom. The van der Waals surface area contributed by atoms with Gasteiger partial charge in [0.05, 0.1) is 0 Å². The van der Waals surface area contributed by atoms with Crippen LogP contribution >= 0.6 is 8.03 Å². The molecule has 25 heavy (non-hydrogen) atoms. The molecule has 3 N–H and O–H groups in total. The lowest BCUT2D eigenvalue weighted by Gasteiger charge is -2.25. The molecule has 0 aromatic carbocycles. The molecule has 8 nitrogen and oxygen atoms in total. The Morgan fingerprint density at radius 2 is 1.92 bits per heavy atom. The third-order valence-electron chi connectivity index (χ3n) is 4.36. The highest BCUT2D eigenvalue weighted by molar-refractivity contribution is 7.39. The predicted octanol–water partition coefficient (Wildman–Crippen LogP) is 2.45. The molecule has 0 aromatic rings. The zero-order valence-corrected chi connectivity index (χ0v) is 15.6. The van der Waals surface area contributed by atoms with E-state index in [0.717, 1.165) is 32.1 Å². The number of hydrogen-bond donors (Lipinski definition) is 3. The van der Waals surface area contributed by atoms with Gasteiger partial charge in [-0.2, -0.15) is 4.89 Å². The zero-order valence-electron chi connectivity index (χ0n) is 14.7. The maximum Gasteiger partial charge on any atom is 0.511 e. The first kappa shape index (κ1) is 21.8. The lowest BCUT2D eigenvalue weighted by atomic mass is 9.84. The fourth-order valence-corrected chi connectivity index (χ4v) is 4.19. The number of aliphatic hydroxyl groups excluding tert-OH is 1. The van der Waals surface area contributed by atoms with Crippen molar-refractivity contribution >= 4 is 20.1 Å². The average Bonchev–Trinajstić information content (AvgIpc) is 2.56. The van der Waals surface area contributed by atoms with Gasteiger partial charge in [0.25, 0.3) is 0 Å². The average molecular weight is 378 g/mol. The van der Waals surface area contributed by atoms with Gasteiger partial charge < -0.3 is 19.9 Å². The van der Waals surface area contributed by atoms with Crippen LogP contribution in [-0.4, -0.2) is 47.2 Å². The first-order valence-corrected chi connectivity index (χ1v) is 10.1. The van der Waals surface area contributed by atoms with E-state index in [2.05, 4.69) is 14.8 Å². The van der Waals surface area contributed by atoms with Gasteiger partial charge in [-0.3, -0.25) is 4.79 Å². The molecule has 0 aliphatic heterocycles. The van der Waals surface area contributed by atoms with Gasteiger partial charge in [-0.1, -0.05) is 26.2 Å². The Labute approximate surface area is 149 Å². The van der Waals surface area contributed by atoms with Gasteiger partial charge in [0, 0.05) is 18.9 Å². The predicted molar refractivity (Wildman–Crippen MR) is 91.2 cm³/mol. The summed E-state index contributed by atoms with van der Waals surface area (Å²) in [4.78, 5) is 32.1. The van der Waals surface area contributed by atoms with Crippen LogP contribution in [0.15, 0.2) is 0 Å². The molecular weight excluding hydrogens is 349 g/mol. The van der Waals surface area contributed by atoms with Crippen LogP contribution in [0, 0.1) is 5.92 Å². The van der Waals surface area contributed by atoms with Crippen molar-refractivity contribution in [3.05, 3.63) is 0 Å². The number of nitrogens with one attached hydrogen (secondary N) is 1. The summed E-state index contributed by atoms with van der Waals surface area (Å²) in [5.74, 6) is -0.393. The van der Waals surface area contributed by atoms with E-state index < -0.39 is 38.6 Å². The molecule has 1 aliphatic carbocycles. The van der Waals surface area contributed by atoms with Crippen molar-refractivity contribution in [3.63, 3.8) is 0 Å². The molecule has 0 radical (unpaired) electrons. The monoisotopic (exact) mass is 378 g/mol. The van der Waals surface area contributed by atoms with E-state index in [4.69, 9.17) is 0 Å². The van der Waals surface area contributed by atoms with Crippen LogP contribution in [-0.2, 0) is 18.8 Å². The number of alkyl carbamates (subject to hydrolysis) is 1. The zero-order chi connectivity index (χ0) is 18.7. The van der Waals surface area contributed by atoms with Gasteiger partial charge in [-0.05, 0) is 30.2 Å². The van der Waals surface area contributed by atoms with E-state index in [1.165, 1.54) is 0 Å². The minimum absolute atomic E-state index is 0.0438. The van der Waals surface area contributed by atoms with E-state index >= 15 is 0 Å². The van der Waals surface area contributed by atoms with Crippen LogP contribution < -0.4 is 5.32 Å². The minimum atomic E-state index is -2.48. The summed E-state index contributed by atoms with van der Waals surface area (Å²) in [5.41, 5.74) is -0.664. The Kier molecular flexibility index (Phi) is 10.6. The number of rotatable bonds is 10. The molecule has 1 amide bonds. The van der Waals surface area contributed by atoms with E-state index in [0.29, 0.717) is 6.42 Å². The summed E-state index contributed by atoms with van der Waals surface area (Å²) in [6, 6.07) is 0. The molecule has 0 spiro atoms. The standard InChI is InChI=1S/C16H28NO7P/c1-2-6-14(19)23-11-24-16(20)17-10-9-13(18)15(25(21)22)12-7-4-3-5-8-12/h12-13,15,18H,2-11H2,1H3,(H-,17,20,21,22)/p+1/t13-,15-/m0/s1. The lowest BCUT2D eigenvalue weighted by Crippen LogP contribution is -2.36. The topological polar surface area (TPSA) is 122 Å². The minimum Gasteiger partial charge on any atom is -0.428 e. The first-order chi connectivity index (χ1) is 12.0. The number of aliphatic hydroxyl groups is 1. The molecule has 0 saturated heterocycles. The molecule has 1 saturated carbocycles. The van der Waals surface area contributed by atoms with Gasteiger partial charge in [0.1, 0.15) is 6.10 Å². The second-order valence-corrected chi connectivity index (χ2v) is 7.49. The lowest BCUT2D eigenvalue weighted by molar-refractivity contribution is -0.151. The molecule has 3 atom stereocenters. The first-order valence-electron chi connectivity index (χ1n) is 8.85. The van der Waals surface area contributed by atoms with Crippen molar-refractivity contribution in [1.29, 1.82) is 0 Å². The summed E-state index contributed by atoms with van der Waals surface area (Å²) in [5, 5.41) is 12.7. The quantitative estimate of drug-likeness (QED) is 0.303. The third kappa shape index (κ3) is 8.61. The van der Waals surface area contributed by atoms with E-state index in [9.17, 15) is 24.2 Å². The molecule has 1 rings (SSSR count). The largest absolute Gasteiger partial charge is 0.511 e. The van der Waals surface area contributed by atoms with E-state index in [1.807, 2.05) is 6.92 Å². The molecule has 1 aliphatic rings. The van der Waals surface area contributed by atoms with E-state index in [-0.39, 0.29) is 25.3 Å². The fraction of sp³-hybridized carbons (Fsp3) is 0.875. The second kappa shape index (κ2) is 12.2. The molecular formula is C16H29NO7P+. The number of ether oxygens (including phenoxy) is 2. The van der Waals surface area contributed by atoms with Gasteiger partial charge in [0.2, 0.25) is 12.5 Å².